The van der Waals surface area contributed by atoms with E-state index in [0.717, 1.165) is 44.6 Å². The fraction of sp³-hybridized carbons (Fsp3) is 0.522. The molecule has 2 aromatic rings. The molecule has 1 atom stereocenters. The van der Waals surface area contributed by atoms with Gasteiger partial charge in [-0.3, -0.25) is 9.88 Å². The van der Waals surface area contributed by atoms with Gasteiger partial charge in [0.15, 0.2) is 0 Å². The molecule has 4 rings (SSSR count). The zero-order valence-corrected chi connectivity index (χ0v) is 16.2. The van der Waals surface area contributed by atoms with Crippen LogP contribution >= 0.6 is 0 Å². The predicted octanol–water partition coefficient (Wildman–Crippen LogP) is 4.07. The molecule has 0 bridgehead atoms. The van der Waals surface area contributed by atoms with Crippen LogP contribution in [0.1, 0.15) is 49.1 Å². The van der Waals surface area contributed by atoms with E-state index < -0.39 is 5.60 Å². The van der Waals surface area contributed by atoms with Crippen molar-refractivity contribution in [2.45, 2.75) is 52.2 Å². The molecule has 1 saturated heterocycles. The first-order chi connectivity index (χ1) is 12.4. The maximum atomic E-state index is 12.0. The second-order valence-electron chi connectivity index (χ2n) is 8.86. The number of rotatable bonds is 3. The molecule has 26 heavy (non-hydrogen) atoms. The lowest BCUT2D eigenvalue weighted by molar-refractivity contribution is -0.123. The Bertz CT molecular complexity index is 778. The molecule has 3 heteroatoms. The van der Waals surface area contributed by atoms with E-state index in [1.54, 1.807) is 0 Å². The molecule has 2 heterocycles. The van der Waals surface area contributed by atoms with Crippen LogP contribution in [0.25, 0.3) is 0 Å². The smallest absolute Gasteiger partial charge is 0.0981 e. The van der Waals surface area contributed by atoms with Crippen molar-refractivity contribution < 1.29 is 5.11 Å². The van der Waals surface area contributed by atoms with E-state index in [1.165, 1.54) is 16.7 Å². The van der Waals surface area contributed by atoms with Gasteiger partial charge < -0.3 is 5.11 Å². The van der Waals surface area contributed by atoms with Crippen molar-refractivity contribution in [1.82, 2.24) is 9.88 Å². The highest BCUT2D eigenvalue weighted by atomic mass is 16.3. The number of benzene rings is 1. The summed E-state index contributed by atoms with van der Waals surface area (Å²) in [6.07, 6.45) is 4.92. The molecule has 1 aliphatic carbocycles. The second kappa shape index (κ2) is 6.47. The molecule has 1 fully saturated rings. The van der Waals surface area contributed by atoms with Crippen molar-refractivity contribution in [1.29, 1.82) is 0 Å². The first-order valence-corrected chi connectivity index (χ1v) is 9.85. The summed E-state index contributed by atoms with van der Waals surface area (Å²) in [6, 6.07) is 12.7. The van der Waals surface area contributed by atoms with Gasteiger partial charge in [0.2, 0.25) is 0 Å². The van der Waals surface area contributed by atoms with E-state index >= 15 is 0 Å². The first kappa shape index (κ1) is 17.7. The maximum absolute atomic E-state index is 12.0. The Hall–Kier alpha value is -1.71. The normalized spacial score (nSPS) is 26.0. The number of hydrogen-bond acceptors (Lipinski definition) is 3. The van der Waals surface area contributed by atoms with Crippen LogP contribution < -0.4 is 0 Å². The van der Waals surface area contributed by atoms with Crippen LogP contribution in [0.3, 0.4) is 0 Å². The van der Waals surface area contributed by atoms with Gasteiger partial charge in [0.1, 0.15) is 0 Å². The number of piperidine rings is 1. The molecular weight excluding hydrogens is 320 g/mol. The van der Waals surface area contributed by atoms with E-state index in [1.807, 2.05) is 12.3 Å². The van der Waals surface area contributed by atoms with Crippen molar-refractivity contribution in [3.8, 4) is 0 Å². The van der Waals surface area contributed by atoms with E-state index in [-0.39, 0.29) is 5.41 Å². The summed E-state index contributed by atoms with van der Waals surface area (Å²) >= 11 is 0. The minimum atomic E-state index is -0.717. The Morgan fingerprint density at radius 3 is 2.62 bits per heavy atom. The molecule has 0 spiro atoms. The quantitative estimate of drug-likeness (QED) is 0.906. The number of aromatic nitrogens is 1. The van der Waals surface area contributed by atoms with Gasteiger partial charge in [-0.25, -0.2) is 0 Å². The molecular formula is C23H30N2O. The van der Waals surface area contributed by atoms with E-state index in [0.29, 0.717) is 5.92 Å². The zero-order chi connectivity index (χ0) is 18.4. The van der Waals surface area contributed by atoms with Gasteiger partial charge in [0.25, 0.3) is 0 Å². The number of pyridine rings is 1. The molecule has 1 aliphatic heterocycles. The third-order valence-electron chi connectivity index (χ3n) is 6.63. The number of nitrogens with zero attached hydrogens (tertiary/aromatic N) is 2. The lowest BCUT2D eigenvalue weighted by atomic mass is 9.65. The second-order valence-corrected chi connectivity index (χ2v) is 8.86. The van der Waals surface area contributed by atoms with Crippen molar-refractivity contribution in [2.75, 3.05) is 13.1 Å². The molecule has 0 radical (unpaired) electrons. The van der Waals surface area contributed by atoms with Crippen LogP contribution in [-0.4, -0.2) is 28.1 Å². The topological polar surface area (TPSA) is 36.4 Å². The lowest BCUT2D eigenvalue weighted by Crippen LogP contribution is -2.49. The third kappa shape index (κ3) is 2.87. The standard InChI is InChI=1S/C23H30N2O/c1-17-7-8-18-15-22(2,3)23(26,21(18)14-17)19-9-12-25(13-10-19)16-20-6-4-5-11-24-20/h4-8,11,14,19,26H,9-10,12-13,15-16H2,1-3H3. The largest absolute Gasteiger partial charge is 0.384 e. The lowest BCUT2D eigenvalue weighted by Gasteiger charge is -2.47. The van der Waals surface area contributed by atoms with Crippen LogP contribution in [0.2, 0.25) is 0 Å². The van der Waals surface area contributed by atoms with Crippen molar-refractivity contribution in [2.24, 2.45) is 11.3 Å². The molecule has 0 amide bonds. The maximum Gasteiger partial charge on any atom is 0.0981 e. The highest BCUT2D eigenvalue weighted by Gasteiger charge is 2.55. The Labute approximate surface area is 157 Å². The number of aryl methyl sites for hydroxylation is 1. The van der Waals surface area contributed by atoms with E-state index in [9.17, 15) is 5.11 Å². The Morgan fingerprint density at radius 2 is 1.92 bits per heavy atom. The van der Waals surface area contributed by atoms with E-state index in [4.69, 9.17) is 0 Å². The molecule has 3 nitrogen and oxygen atoms in total. The zero-order valence-electron chi connectivity index (χ0n) is 16.2. The van der Waals surface area contributed by atoms with Crippen LogP contribution in [0.15, 0.2) is 42.6 Å². The Morgan fingerprint density at radius 1 is 1.15 bits per heavy atom. The number of aliphatic hydroxyl groups is 1. The molecule has 2 aliphatic rings. The van der Waals surface area contributed by atoms with Gasteiger partial charge in [-0.15, -0.1) is 0 Å². The summed E-state index contributed by atoms with van der Waals surface area (Å²) in [5.41, 5.74) is 4.06. The van der Waals surface area contributed by atoms with E-state index in [2.05, 4.69) is 61.0 Å². The SMILES string of the molecule is Cc1ccc2c(c1)C(O)(C1CCN(Cc3ccccn3)CC1)C(C)(C)C2. The number of fused-ring (bicyclic) bond motifs is 1. The van der Waals surface area contributed by atoms with Gasteiger partial charge in [0.05, 0.1) is 11.3 Å². The molecule has 1 aromatic carbocycles. The summed E-state index contributed by atoms with van der Waals surface area (Å²) in [6.45, 7) is 9.57. The van der Waals surface area contributed by atoms with Gasteiger partial charge >= 0.3 is 0 Å². The van der Waals surface area contributed by atoms with Crippen LogP contribution in [0, 0.1) is 18.3 Å². The van der Waals surface area contributed by atoms with Gasteiger partial charge in [0, 0.05) is 18.2 Å². The van der Waals surface area contributed by atoms with Gasteiger partial charge in [-0.2, -0.15) is 0 Å². The van der Waals surface area contributed by atoms with Crippen LogP contribution in [-0.2, 0) is 18.6 Å². The van der Waals surface area contributed by atoms with Crippen molar-refractivity contribution in [3.63, 3.8) is 0 Å². The molecule has 0 saturated carbocycles. The third-order valence-corrected chi connectivity index (χ3v) is 6.63. The monoisotopic (exact) mass is 350 g/mol. The summed E-state index contributed by atoms with van der Waals surface area (Å²) in [7, 11) is 0. The van der Waals surface area contributed by atoms with Crippen molar-refractivity contribution >= 4 is 0 Å². The summed E-state index contributed by atoms with van der Waals surface area (Å²) < 4.78 is 0. The van der Waals surface area contributed by atoms with Crippen molar-refractivity contribution in [3.05, 3.63) is 65.0 Å². The van der Waals surface area contributed by atoms with Crippen LogP contribution in [0.4, 0.5) is 0 Å². The summed E-state index contributed by atoms with van der Waals surface area (Å²) in [5, 5.41) is 12.0. The number of hydrogen-bond donors (Lipinski definition) is 1. The van der Waals surface area contributed by atoms with Crippen LogP contribution in [0.5, 0.6) is 0 Å². The number of likely N-dealkylation sites (tertiary alicyclic amines) is 1. The highest BCUT2D eigenvalue weighted by molar-refractivity contribution is 5.43. The van der Waals surface area contributed by atoms with Gasteiger partial charge in [-0.1, -0.05) is 43.7 Å². The average Bonchev–Trinajstić information content (AvgIpc) is 2.83. The van der Waals surface area contributed by atoms with Gasteiger partial charge in [-0.05, 0) is 68.5 Å². The fourth-order valence-electron chi connectivity index (χ4n) is 5.18. The minimum Gasteiger partial charge on any atom is -0.384 e. The molecule has 138 valence electrons. The molecule has 1 unspecified atom stereocenters. The minimum absolute atomic E-state index is 0.114. The summed E-state index contributed by atoms with van der Waals surface area (Å²) in [5.74, 6) is 0.320. The molecule has 1 N–H and O–H groups in total. The predicted molar refractivity (Wildman–Crippen MR) is 105 cm³/mol. The summed E-state index contributed by atoms with van der Waals surface area (Å²) in [4.78, 5) is 6.93. The first-order valence-electron chi connectivity index (χ1n) is 9.85. The highest BCUT2D eigenvalue weighted by Crippen LogP contribution is 2.56. The Balaban J connectivity index is 1.52. The molecule has 1 aromatic heterocycles. The fourth-order valence-corrected chi connectivity index (χ4v) is 5.18. The Kier molecular flexibility index (Phi) is 4.40. The average molecular weight is 351 g/mol.